The number of rotatable bonds is 3. The van der Waals surface area contributed by atoms with Crippen molar-refractivity contribution in [3.8, 4) is 0 Å². The molecule has 0 aromatic carbocycles. The molecule has 1 spiro atoms. The molecule has 1 atom stereocenters. The molecule has 2 aromatic rings. The summed E-state index contributed by atoms with van der Waals surface area (Å²) < 4.78 is 10.8. The fourth-order valence-corrected chi connectivity index (χ4v) is 4.96. The van der Waals surface area contributed by atoms with E-state index >= 15 is 0 Å². The van der Waals surface area contributed by atoms with Crippen molar-refractivity contribution in [3.05, 3.63) is 29.6 Å². The Bertz CT molecular complexity index is 863. The first-order valence-corrected chi connectivity index (χ1v) is 10.3. The highest BCUT2D eigenvalue weighted by Gasteiger charge is 2.47. The number of carbonyl (C=O) groups excluding carboxylic acids is 1. The van der Waals surface area contributed by atoms with Gasteiger partial charge in [-0.2, -0.15) is 4.98 Å². The van der Waals surface area contributed by atoms with Crippen LogP contribution < -0.4 is 0 Å². The number of hydrogen-bond donors (Lipinski definition) is 0. The minimum Gasteiger partial charge on any atom is -0.438 e. The highest BCUT2D eigenvalue weighted by molar-refractivity contribution is 5.92. The van der Waals surface area contributed by atoms with E-state index in [1.54, 1.807) is 0 Å². The number of aromatic nitrogens is 3. The lowest BCUT2D eigenvalue weighted by atomic mass is 9.76. The van der Waals surface area contributed by atoms with Crippen LogP contribution in [0.3, 0.4) is 0 Å². The molecular weight excluding hydrogens is 358 g/mol. The largest absolute Gasteiger partial charge is 0.438 e. The Morgan fingerprint density at radius 3 is 2.71 bits per heavy atom. The van der Waals surface area contributed by atoms with Gasteiger partial charge in [0.25, 0.3) is 5.91 Å². The van der Waals surface area contributed by atoms with Crippen LogP contribution in [-0.2, 0) is 0 Å². The van der Waals surface area contributed by atoms with Crippen LogP contribution in [0, 0.1) is 12.3 Å². The molecule has 2 aromatic heterocycles. The summed E-state index contributed by atoms with van der Waals surface area (Å²) in [5.74, 6) is 2.44. The Kier molecular flexibility index (Phi) is 4.26. The van der Waals surface area contributed by atoms with Crippen molar-refractivity contribution in [2.75, 3.05) is 26.7 Å². The highest BCUT2D eigenvalue weighted by atomic mass is 16.5. The van der Waals surface area contributed by atoms with E-state index < -0.39 is 0 Å². The van der Waals surface area contributed by atoms with Gasteiger partial charge in [-0.1, -0.05) is 11.6 Å². The minimum absolute atomic E-state index is 0.0453. The lowest BCUT2D eigenvalue weighted by Crippen LogP contribution is -2.44. The third-order valence-electron chi connectivity index (χ3n) is 7.00. The van der Waals surface area contributed by atoms with Crippen molar-refractivity contribution in [1.82, 2.24) is 24.9 Å². The van der Waals surface area contributed by atoms with Crippen LogP contribution in [0.15, 0.2) is 15.3 Å². The third-order valence-corrected chi connectivity index (χ3v) is 7.00. The van der Waals surface area contributed by atoms with E-state index in [4.69, 9.17) is 13.9 Å². The zero-order chi connectivity index (χ0) is 19.3. The molecule has 1 amide bonds. The maximum Gasteiger partial charge on any atom is 0.291 e. The van der Waals surface area contributed by atoms with Crippen LogP contribution in [0.1, 0.15) is 78.4 Å². The van der Waals surface area contributed by atoms with Gasteiger partial charge < -0.3 is 13.8 Å². The summed E-state index contributed by atoms with van der Waals surface area (Å²) in [7, 11) is 2.15. The molecule has 1 aliphatic carbocycles. The van der Waals surface area contributed by atoms with Gasteiger partial charge in [-0.05, 0) is 51.5 Å². The second-order valence-electron chi connectivity index (χ2n) is 8.81. The van der Waals surface area contributed by atoms with E-state index in [0.29, 0.717) is 17.4 Å². The first-order chi connectivity index (χ1) is 13.5. The average Bonchev–Trinajstić information content (AvgIpc) is 3.34. The predicted octanol–water partition coefficient (Wildman–Crippen LogP) is 2.93. The molecular formula is C20H27N5O3. The number of likely N-dealkylation sites (tertiary alicyclic amines) is 2. The van der Waals surface area contributed by atoms with Crippen molar-refractivity contribution in [2.45, 2.75) is 57.4 Å². The van der Waals surface area contributed by atoms with E-state index in [1.807, 2.05) is 11.8 Å². The monoisotopic (exact) mass is 385 g/mol. The molecule has 5 rings (SSSR count). The number of nitrogens with zero attached hydrogens (tertiary/aromatic N) is 5. The molecule has 0 N–H and O–H groups in total. The molecule has 2 saturated heterocycles. The molecule has 4 heterocycles. The summed E-state index contributed by atoms with van der Waals surface area (Å²) in [6.07, 6.45) is 7.93. The molecule has 1 unspecified atom stereocenters. The Morgan fingerprint density at radius 1 is 1.29 bits per heavy atom. The Balaban J connectivity index is 1.24. The van der Waals surface area contributed by atoms with Crippen LogP contribution in [0.2, 0.25) is 0 Å². The molecule has 28 heavy (non-hydrogen) atoms. The summed E-state index contributed by atoms with van der Waals surface area (Å²) in [6, 6.07) is 0.205. The number of amides is 1. The van der Waals surface area contributed by atoms with Crippen LogP contribution in [0.25, 0.3) is 0 Å². The molecule has 0 radical (unpaired) electrons. The first-order valence-electron chi connectivity index (χ1n) is 10.3. The van der Waals surface area contributed by atoms with Gasteiger partial charge in [0, 0.05) is 25.6 Å². The average molecular weight is 385 g/mol. The van der Waals surface area contributed by atoms with Gasteiger partial charge in [0.1, 0.15) is 0 Å². The Hall–Kier alpha value is -2.22. The smallest absolute Gasteiger partial charge is 0.291 e. The summed E-state index contributed by atoms with van der Waals surface area (Å²) in [5, 5.41) is 4.30. The Labute approximate surface area is 164 Å². The lowest BCUT2D eigenvalue weighted by Gasteiger charge is -2.39. The summed E-state index contributed by atoms with van der Waals surface area (Å²) >= 11 is 0. The standard InChI is InChI=1S/C20H27N5O3/c1-13-16(27-12-21-13)19(26)25-8-6-20(7-9-25)10-15(24(2)11-20)17-22-18(28-23-17)14-4-3-5-14/h12,14-15H,3-11H2,1-2H3. The van der Waals surface area contributed by atoms with Gasteiger partial charge in [0.2, 0.25) is 11.7 Å². The van der Waals surface area contributed by atoms with Gasteiger partial charge in [0.05, 0.1) is 11.7 Å². The zero-order valence-corrected chi connectivity index (χ0v) is 16.6. The van der Waals surface area contributed by atoms with E-state index in [9.17, 15) is 4.79 Å². The van der Waals surface area contributed by atoms with E-state index in [2.05, 4.69) is 22.1 Å². The third kappa shape index (κ3) is 2.94. The second kappa shape index (κ2) is 6.69. The van der Waals surface area contributed by atoms with E-state index in [0.717, 1.165) is 50.6 Å². The number of oxazole rings is 1. The lowest BCUT2D eigenvalue weighted by molar-refractivity contribution is 0.0562. The molecule has 150 valence electrons. The first kappa shape index (κ1) is 17.8. The minimum atomic E-state index is -0.0453. The quantitative estimate of drug-likeness (QED) is 0.802. The maximum absolute atomic E-state index is 12.7. The van der Waals surface area contributed by atoms with Gasteiger partial charge in [-0.3, -0.25) is 9.69 Å². The SMILES string of the molecule is Cc1ncoc1C(=O)N1CCC2(CC1)CC(c1noc(C3CCC3)n1)N(C)C2. The summed E-state index contributed by atoms with van der Waals surface area (Å²) in [5.41, 5.74) is 0.870. The van der Waals surface area contributed by atoms with Crippen LogP contribution in [0.4, 0.5) is 0 Å². The topological polar surface area (TPSA) is 88.5 Å². The summed E-state index contributed by atoms with van der Waals surface area (Å²) in [4.78, 5) is 25.7. The van der Waals surface area contributed by atoms with E-state index in [1.165, 1.54) is 25.7 Å². The number of carbonyl (C=O) groups is 1. The van der Waals surface area contributed by atoms with Gasteiger partial charge in [-0.15, -0.1) is 0 Å². The van der Waals surface area contributed by atoms with Crippen LogP contribution in [0.5, 0.6) is 0 Å². The molecule has 8 nitrogen and oxygen atoms in total. The van der Waals surface area contributed by atoms with Crippen molar-refractivity contribution >= 4 is 5.91 Å². The number of hydrogen-bond acceptors (Lipinski definition) is 7. The number of piperidine rings is 1. The van der Waals surface area contributed by atoms with Gasteiger partial charge >= 0.3 is 0 Å². The van der Waals surface area contributed by atoms with Crippen molar-refractivity contribution in [2.24, 2.45) is 5.41 Å². The zero-order valence-electron chi connectivity index (χ0n) is 16.6. The second-order valence-corrected chi connectivity index (χ2v) is 8.81. The van der Waals surface area contributed by atoms with Crippen molar-refractivity contribution < 1.29 is 13.7 Å². The van der Waals surface area contributed by atoms with Crippen LogP contribution in [-0.4, -0.2) is 57.5 Å². The highest BCUT2D eigenvalue weighted by Crippen LogP contribution is 2.48. The van der Waals surface area contributed by atoms with Gasteiger partial charge in [-0.25, -0.2) is 4.98 Å². The molecule has 1 saturated carbocycles. The molecule has 3 fully saturated rings. The van der Waals surface area contributed by atoms with Crippen molar-refractivity contribution in [3.63, 3.8) is 0 Å². The molecule has 2 aliphatic heterocycles. The Morgan fingerprint density at radius 2 is 2.07 bits per heavy atom. The molecule has 0 bridgehead atoms. The number of aryl methyl sites for hydroxylation is 1. The molecule has 8 heteroatoms. The van der Waals surface area contributed by atoms with Crippen molar-refractivity contribution in [1.29, 1.82) is 0 Å². The molecule has 3 aliphatic rings. The summed E-state index contributed by atoms with van der Waals surface area (Å²) in [6.45, 7) is 4.31. The van der Waals surface area contributed by atoms with Gasteiger partial charge in [0.15, 0.2) is 12.2 Å². The maximum atomic E-state index is 12.7. The predicted molar refractivity (Wildman–Crippen MR) is 99.7 cm³/mol. The fourth-order valence-electron chi connectivity index (χ4n) is 4.96. The fraction of sp³-hybridized carbons (Fsp3) is 0.700. The van der Waals surface area contributed by atoms with Crippen LogP contribution >= 0.6 is 0 Å². The normalized spacial score (nSPS) is 25.4. The van der Waals surface area contributed by atoms with E-state index in [-0.39, 0.29) is 17.4 Å².